The molecule has 3 aromatic rings. The number of aromatic nitrogens is 1. The molecule has 0 radical (unpaired) electrons. The third-order valence-corrected chi connectivity index (χ3v) is 6.95. The molecule has 1 aromatic heterocycles. The van der Waals surface area contributed by atoms with Crippen molar-refractivity contribution in [3.8, 4) is 11.1 Å². The number of amides is 2. The van der Waals surface area contributed by atoms with Crippen LogP contribution in [0.25, 0.3) is 11.1 Å². The van der Waals surface area contributed by atoms with Crippen LogP contribution in [0.3, 0.4) is 0 Å². The molecule has 182 valence electrons. The summed E-state index contributed by atoms with van der Waals surface area (Å²) >= 11 is 1.32. The number of benzene rings is 2. The average molecular weight is 494 g/mol. The molecule has 9 heteroatoms. The molecule has 0 fully saturated rings. The van der Waals surface area contributed by atoms with E-state index in [0.717, 1.165) is 11.1 Å². The maximum atomic E-state index is 12.5. The van der Waals surface area contributed by atoms with Gasteiger partial charge >= 0.3 is 12.1 Å². The fourth-order valence-electron chi connectivity index (χ4n) is 4.21. The minimum absolute atomic E-state index is 0.00141. The highest BCUT2D eigenvalue weighted by Crippen LogP contribution is 2.44. The predicted molar refractivity (Wildman–Crippen MR) is 133 cm³/mol. The summed E-state index contributed by atoms with van der Waals surface area (Å²) in [6, 6.07) is 16.3. The highest BCUT2D eigenvalue weighted by Gasteiger charge is 2.29. The van der Waals surface area contributed by atoms with Crippen molar-refractivity contribution in [3.05, 3.63) is 75.7 Å². The third-order valence-electron chi connectivity index (χ3n) is 6.04. The van der Waals surface area contributed by atoms with Gasteiger partial charge in [0.05, 0.1) is 10.9 Å². The fraction of sp³-hybridized carbons (Fsp3) is 0.308. The Morgan fingerprint density at radius 3 is 2.37 bits per heavy atom. The van der Waals surface area contributed by atoms with Crippen molar-refractivity contribution < 1.29 is 24.2 Å². The maximum absolute atomic E-state index is 12.5. The molecule has 1 atom stereocenters. The number of nitrogens with zero attached hydrogens (tertiary/aromatic N) is 2. The van der Waals surface area contributed by atoms with Gasteiger partial charge in [-0.05, 0) is 22.3 Å². The maximum Gasteiger partial charge on any atom is 0.407 e. The number of carboxylic acid groups (broad SMARTS) is 1. The highest BCUT2D eigenvalue weighted by molar-refractivity contribution is 7.09. The van der Waals surface area contributed by atoms with E-state index in [1.165, 1.54) is 27.4 Å². The van der Waals surface area contributed by atoms with Crippen molar-refractivity contribution in [1.29, 1.82) is 0 Å². The molecule has 2 aromatic carbocycles. The number of carbonyl (C=O) groups excluding carboxylic acids is 2. The Morgan fingerprint density at radius 2 is 1.74 bits per heavy atom. The standard InChI is InChI=1S/C26H27N3O5S/c1-16(25(31)32)13-29(2)24(30)22-15-35-23(28-22)11-12-27-26(33)34-14-21-19-9-5-3-7-17(19)18-8-4-6-10-20(18)21/h3-10,15-16,21H,11-14H2,1-2H3,(H,27,33)(H,31,32). The number of carboxylic acids is 1. The first-order valence-electron chi connectivity index (χ1n) is 11.4. The van der Waals surface area contributed by atoms with Gasteiger partial charge in [-0.2, -0.15) is 0 Å². The van der Waals surface area contributed by atoms with Crippen LogP contribution in [0.2, 0.25) is 0 Å². The molecular formula is C26H27N3O5S. The molecule has 1 heterocycles. The van der Waals surface area contributed by atoms with Gasteiger partial charge in [0.1, 0.15) is 12.3 Å². The molecule has 0 spiro atoms. The van der Waals surface area contributed by atoms with Gasteiger partial charge in [-0.15, -0.1) is 11.3 Å². The van der Waals surface area contributed by atoms with Crippen LogP contribution in [0.4, 0.5) is 4.79 Å². The minimum atomic E-state index is -0.956. The lowest BCUT2D eigenvalue weighted by atomic mass is 9.98. The molecule has 0 bridgehead atoms. The second-order valence-corrected chi connectivity index (χ2v) is 9.50. The van der Waals surface area contributed by atoms with Gasteiger partial charge in [0.15, 0.2) is 0 Å². The molecule has 0 aliphatic heterocycles. The van der Waals surface area contributed by atoms with Crippen LogP contribution in [0, 0.1) is 5.92 Å². The van der Waals surface area contributed by atoms with Gasteiger partial charge in [0.25, 0.3) is 5.91 Å². The number of hydrogen-bond acceptors (Lipinski definition) is 6. The summed E-state index contributed by atoms with van der Waals surface area (Å²) in [5.74, 6) is -1.95. The number of alkyl carbamates (subject to hydrolysis) is 1. The van der Waals surface area contributed by atoms with Crippen molar-refractivity contribution >= 4 is 29.3 Å². The van der Waals surface area contributed by atoms with Crippen LogP contribution in [0.1, 0.15) is 39.5 Å². The molecule has 4 rings (SSSR count). The number of rotatable bonds is 9. The van der Waals surface area contributed by atoms with E-state index in [1.807, 2.05) is 24.3 Å². The average Bonchev–Trinajstić information content (AvgIpc) is 3.45. The quantitative estimate of drug-likeness (QED) is 0.466. The Bertz CT molecular complexity index is 1200. The van der Waals surface area contributed by atoms with E-state index in [2.05, 4.69) is 34.6 Å². The number of aliphatic carboxylic acids is 1. The Kier molecular flexibility index (Phi) is 7.45. The Hall–Kier alpha value is -3.72. The Morgan fingerprint density at radius 1 is 1.11 bits per heavy atom. The molecule has 0 saturated heterocycles. The molecular weight excluding hydrogens is 466 g/mol. The second-order valence-electron chi connectivity index (χ2n) is 8.55. The summed E-state index contributed by atoms with van der Waals surface area (Å²) in [6.07, 6.45) is -0.0423. The lowest BCUT2D eigenvalue weighted by molar-refractivity contribution is -0.141. The molecule has 35 heavy (non-hydrogen) atoms. The summed E-state index contributed by atoms with van der Waals surface area (Å²) in [7, 11) is 1.56. The summed E-state index contributed by atoms with van der Waals surface area (Å²) < 4.78 is 5.53. The summed E-state index contributed by atoms with van der Waals surface area (Å²) in [5.41, 5.74) is 4.93. The highest BCUT2D eigenvalue weighted by atomic mass is 32.1. The van der Waals surface area contributed by atoms with E-state index in [9.17, 15) is 14.4 Å². The zero-order chi connectivity index (χ0) is 24.9. The van der Waals surface area contributed by atoms with Crippen LogP contribution < -0.4 is 5.32 Å². The van der Waals surface area contributed by atoms with E-state index >= 15 is 0 Å². The first kappa shape index (κ1) is 24.4. The van der Waals surface area contributed by atoms with Gasteiger partial charge in [0.2, 0.25) is 0 Å². The van der Waals surface area contributed by atoms with Crippen LogP contribution in [0.5, 0.6) is 0 Å². The number of hydrogen-bond donors (Lipinski definition) is 2. The predicted octanol–water partition coefficient (Wildman–Crippen LogP) is 4.02. The molecule has 2 amide bonds. The van der Waals surface area contributed by atoms with Crippen molar-refractivity contribution in [2.24, 2.45) is 5.92 Å². The van der Waals surface area contributed by atoms with E-state index in [1.54, 1.807) is 19.4 Å². The van der Waals surface area contributed by atoms with Gasteiger partial charge < -0.3 is 20.1 Å². The van der Waals surface area contributed by atoms with Crippen molar-refractivity contribution in [2.75, 3.05) is 26.7 Å². The van der Waals surface area contributed by atoms with Crippen molar-refractivity contribution in [3.63, 3.8) is 0 Å². The molecule has 8 nitrogen and oxygen atoms in total. The normalized spacial score (nSPS) is 13.0. The number of nitrogens with one attached hydrogen (secondary N) is 1. The monoisotopic (exact) mass is 493 g/mol. The topological polar surface area (TPSA) is 109 Å². The van der Waals surface area contributed by atoms with Crippen LogP contribution in [0.15, 0.2) is 53.9 Å². The molecule has 2 N–H and O–H groups in total. The first-order valence-corrected chi connectivity index (χ1v) is 12.2. The number of thiazole rings is 1. The van der Waals surface area contributed by atoms with Gasteiger partial charge in [-0.3, -0.25) is 9.59 Å². The number of carbonyl (C=O) groups is 3. The van der Waals surface area contributed by atoms with E-state index < -0.39 is 18.0 Å². The second kappa shape index (κ2) is 10.7. The lowest BCUT2D eigenvalue weighted by Gasteiger charge is -2.18. The third kappa shape index (κ3) is 5.51. The van der Waals surface area contributed by atoms with E-state index in [-0.39, 0.29) is 30.7 Å². The molecule has 1 aliphatic carbocycles. The number of ether oxygens (including phenoxy) is 1. The Balaban J connectivity index is 1.25. The van der Waals surface area contributed by atoms with E-state index in [4.69, 9.17) is 9.84 Å². The lowest BCUT2D eigenvalue weighted by Crippen LogP contribution is -2.33. The van der Waals surface area contributed by atoms with Crippen LogP contribution >= 0.6 is 11.3 Å². The van der Waals surface area contributed by atoms with Gasteiger partial charge in [-0.1, -0.05) is 55.5 Å². The van der Waals surface area contributed by atoms with Crippen LogP contribution in [-0.2, 0) is 16.0 Å². The van der Waals surface area contributed by atoms with Crippen molar-refractivity contribution in [2.45, 2.75) is 19.3 Å². The molecule has 1 aliphatic rings. The van der Waals surface area contributed by atoms with E-state index in [0.29, 0.717) is 18.0 Å². The zero-order valence-corrected chi connectivity index (χ0v) is 20.4. The Labute approximate surface area is 207 Å². The summed E-state index contributed by atoms with van der Waals surface area (Å²) in [4.78, 5) is 41.5. The van der Waals surface area contributed by atoms with Gasteiger partial charge in [-0.25, -0.2) is 9.78 Å². The zero-order valence-electron chi connectivity index (χ0n) is 19.6. The van der Waals surface area contributed by atoms with Crippen molar-refractivity contribution in [1.82, 2.24) is 15.2 Å². The van der Waals surface area contributed by atoms with Crippen LogP contribution in [-0.4, -0.2) is 59.7 Å². The SMILES string of the molecule is CC(CN(C)C(=O)c1csc(CCNC(=O)OCC2c3ccccc3-c3ccccc32)n1)C(=O)O. The van der Waals surface area contributed by atoms with Gasteiger partial charge in [0, 0.05) is 37.9 Å². The largest absolute Gasteiger partial charge is 0.481 e. The fourth-order valence-corrected chi connectivity index (χ4v) is 4.98. The minimum Gasteiger partial charge on any atom is -0.481 e. The molecule has 1 unspecified atom stereocenters. The smallest absolute Gasteiger partial charge is 0.407 e. The first-order chi connectivity index (χ1) is 16.8. The summed E-state index contributed by atoms with van der Waals surface area (Å²) in [6.45, 7) is 2.22. The summed E-state index contributed by atoms with van der Waals surface area (Å²) in [5, 5.41) is 14.1. The molecule has 0 saturated carbocycles. The number of fused-ring (bicyclic) bond motifs is 3.